The number of rotatable bonds is 5. The number of ether oxygens (including phenoxy) is 1. The van der Waals surface area contributed by atoms with E-state index in [1.165, 1.54) is 24.0 Å². The maximum atomic E-state index is 11.7. The first-order chi connectivity index (χ1) is 9.60. The second kappa shape index (κ2) is 6.60. The number of carbonyl (C=O) groups excluding carboxylic acids is 1. The topological polar surface area (TPSA) is 77.2 Å². The first kappa shape index (κ1) is 14.6. The van der Waals surface area contributed by atoms with Crippen molar-refractivity contribution in [2.75, 3.05) is 19.0 Å². The van der Waals surface area contributed by atoms with E-state index in [0.717, 1.165) is 11.3 Å². The monoisotopic (exact) mass is 291 g/mol. The number of nitrogens with two attached hydrogens (primary N) is 1. The van der Waals surface area contributed by atoms with Crippen LogP contribution in [-0.2, 0) is 9.53 Å². The van der Waals surface area contributed by atoms with Crippen LogP contribution in [-0.4, -0.2) is 30.6 Å². The van der Waals surface area contributed by atoms with Crippen LogP contribution in [0, 0.1) is 6.92 Å². The van der Waals surface area contributed by atoms with E-state index in [1.54, 1.807) is 0 Å². The normalized spacial score (nSPS) is 12.2. The Morgan fingerprint density at radius 3 is 2.80 bits per heavy atom. The molecule has 0 aliphatic heterocycles. The molecule has 1 atom stereocenters. The van der Waals surface area contributed by atoms with Crippen molar-refractivity contribution in [3.05, 3.63) is 35.2 Å². The second-order valence-electron chi connectivity index (χ2n) is 4.46. The molecule has 20 heavy (non-hydrogen) atoms. The lowest BCUT2D eigenvalue weighted by Gasteiger charge is -2.08. The third-order valence-electron chi connectivity index (χ3n) is 2.76. The van der Waals surface area contributed by atoms with Crippen molar-refractivity contribution in [2.24, 2.45) is 5.73 Å². The average molecular weight is 291 g/mol. The number of methoxy groups -OCH3 is 1. The van der Waals surface area contributed by atoms with Crippen LogP contribution in [0.15, 0.2) is 29.6 Å². The largest absolute Gasteiger partial charge is 0.383 e. The Morgan fingerprint density at radius 2 is 2.15 bits per heavy atom. The maximum absolute atomic E-state index is 11.7. The van der Waals surface area contributed by atoms with Crippen LogP contribution < -0.4 is 11.1 Å². The Kier molecular flexibility index (Phi) is 4.84. The molecule has 0 aliphatic carbocycles. The highest BCUT2D eigenvalue weighted by molar-refractivity contribution is 7.14. The van der Waals surface area contributed by atoms with E-state index in [1.807, 2.05) is 36.6 Å². The van der Waals surface area contributed by atoms with Gasteiger partial charge in [-0.3, -0.25) is 4.79 Å². The Bertz CT molecular complexity index is 580. The maximum Gasteiger partial charge on any atom is 0.245 e. The smallest absolute Gasteiger partial charge is 0.245 e. The summed E-state index contributed by atoms with van der Waals surface area (Å²) in [7, 11) is 1.51. The van der Waals surface area contributed by atoms with Crippen molar-refractivity contribution in [1.29, 1.82) is 0 Å². The second-order valence-corrected chi connectivity index (χ2v) is 5.31. The number of nitrogens with one attached hydrogen (secondary N) is 1. The number of anilines is 1. The first-order valence-corrected chi connectivity index (χ1v) is 7.06. The Balaban J connectivity index is 2.05. The van der Waals surface area contributed by atoms with Gasteiger partial charge in [-0.2, -0.15) is 0 Å². The van der Waals surface area contributed by atoms with Crippen molar-refractivity contribution in [1.82, 2.24) is 4.98 Å². The molecular weight excluding hydrogens is 274 g/mol. The molecule has 0 spiro atoms. The molecule has 3 N–H and O–H groups in total. The summed E-state index contributed by atoms with van der Waals surface area (Å²) in [5.74, 6) is -0.295. The van der Waals surface area contributed by atoms with Crippen LogP contribution >= 0.6 is 11.3 Å². The average Bonchev–Trinajstić information content (AvgIpc) is 2.88. The minimum Gasteiger partial charge on any atom is -0.383 e. The molecular formula is C14H17N3O2S. The standard InChI is InChI=1S/C14H17N3O2S/c1-9-3-5-10(6-4-9)12-8-20-14(16-12)17-13(18)11(15)7-19-2/h3-6,8,11H,7,15H2,1-2H3,(H,16,17,18). The molecule has 0 fully saturated rings. The summed E-state index contributed by atoms with van der Waals surface area (Å²) in [5, 5.41) is 5.14. The van der Waals surface area contributed by atoms with Crippen molar-refractivity contribution in [2.45, 2.75) is 13.0 Å². The number of benzene rings is 1. The third kappa shape index (κ3) is 3.63. The van der Waals surface area contributed by atoms with Gasteiger partial charge in [-0.25, -0.2) is 4.98 Å². The number of thiazole rings is 1. The van der Waals surface area contributed by atoms with E-state index in [2.05, 4.69) is 10.3 Å². The lowest BCUT2D eigenvalue weighted by molar-refractivity contribution is -0.118. The van der Waals surface area contributed by atoms with Gasteiger partial charge in [0.1, 0.15) is 6.04 Å². The molecule has 0 saturated carbocycles. The van der Waals surface area contributed by atoms with Gasteiger partial charge in [0.15, 0.2) is 5.13 Å². The molecule has 2 rings (SSSR count). The van der Waals surface area contributed by atoms with E-state index in [4.69, 9.17) is 10.5 Å². The summed E-state index contributed by atoms with van der Waals surface area (Å²) in [6, 6.07) is 7.38. The van der Waals surface area contributed by atoms with Crippen molar-refractivity contribution >= 4 is 22.4 Å². The molecule has 0 bridgehead atoms. The van der Waals surface area contributed by atoms with Crippen LogP contribution in [0.1, 0.15) is 5.56 Å². The van der Waals surface area contributed by atoms with Gasteiger partial charge in [0.25, 0.3) is 0 Å². The zero-order valence-electron chi connectivity index (χ0n) is 11.4. The van der Waals surface area contributed by atoms with E-state index in [9.17, 15) is 4.79 Å². The van der Waals surface area contributed by atoms with E-state index in [0.29, 0.717) is 5.13 Å². The predicted molar refractivity (Wildman–Crippen MR) is 80.8 cm³/mol. The number of hydrogen-bond donors (Lipinski definition) is 2. The van der Waals surface area contributed by atoms with Gasteiger partial charge in [-0.15, -0.1) is 11.3 Å². The van der Waals surface area contributed by atoms with Crippen LogP contribution in [0.4, 0.5) is 5.13 Å². The number of aryl methyl sites for hydroxylation is 1. The molecule has 6 heteroatoms. The Morgan fingerprint density at radius 1 is 1.45 bits per heavy atom. The van der Waals surface area contributed by atoms with Gasteiger partial charge < -0.3 is 15.8 Å². The van der Waals surface area contributed by atoms with Crippen LogP contribution in [0.3, 0.4) is 0 Å². The molecule has 5 nitrogen and oxygen atoms in total. The molecule has 1 aromatic carbocycles. The Hall–Kier alpha value is -1.76. The number of nitrogens with zero attached hydrogens (tertiary/aromatic N) is 1. The molecule has 0 aliphatic rings. The van der Waals surface area contributed by atoms with E-state index in [-0.39, 0.29) is 12.5 Å². The number of amides is 1. The van der Waals surface area contributed by atoms with Gasteiger partial charge in [0.05, 0.1) is 12.3 Å². The predicted octanol–water partition coefficient (Wildman–Crippen LogP) is 2.03. The molecule has 106 valence electrons. The molecule has 1 heterocycles. The fraction of sp³-hybridized carbons (Fsp3) is 0.286. The summed E-state index contributed by atoms with van der Waals surface area (Å²) in [6.45, 7) is 2.22. The SMILES string of the molecule is COCC(N)C(=O)Nc1nc(-c2ccc(C)cc2)cs1. The summed E-state index contributed by atoms with van der Waals surface area (Å²) < 4.78 is 4.85. The van der Waals surface area contributed by atoms with Gasteiger partial charge >= 0.3 is 0 Å². The number of hydrogen-bond acceptors (Lipinski definition) is 5. The van der Waals surface area contributed by atoms with Crippen molar-refractivity contribution < 1.29 is 9.53 Å². The third-order valence-corrected chi connectivity index (χ3v) is 3.52. The van der Waals surface area contributed by atoms with E-state index < -0.39 is 6.04 Å². The molecule has 1 aromatic heterocycles. The first-order valence-electron chi connectivity index (χ1n) is 6.18. The van der Waals surface area contributed by atoms with Crippen LogP contribution in [0.2, 0.25) is 0 Å². The number of aromatic nitrogens is 1. The molecule has 1 unspecified atom stereocenters. The fourth-order valence-electron chi connectivity index (χ4n) is 1.64. The zero-order chi connectivity index (χ0) is 14.5. The molecule has 1 amide bonds. The minimum absolute atomic E-state index is 0.183. The number of carbonyl (C=O) groups is 1. The van der Waals surface area contributed by atoms with Gasteiger partial charge in [0.2, 0.25) is 5.91 Å². The fourth-order valence-corrected chi connectivity index (χ4v) is 2.36. The zero-order valence-corrected chi connectivity index (χ0v) is 12.2. The quantitative estimate of drug-likeness (QED) is 0.883. The molecule has 2 aromatic rings. The summed E-state index contributed by atoms with van der Waals surface area (Å²) in [4.78, 5) is 16.1. The summed E-state index contributed by atoms with van der Waals surface area (Å²) >= 11 is 1.37. The van der Waals surface area contributed by atoms with Gasteiger partial charge in [-0.05, 0) is 6.92 Å². The van der Waals surface area contributed by atoms with E-state index >= 15 is 0 Å². The van der Waals surface area contributed by atoms with Crippen LogP contribution in [0.5, 0.6) is 0 Å². The highest BCUT2D eigenvalue weighted by atomic mass is 32.1. The highest BCUT2D eigenvalue weighted by Gasteiger charge is 2.15. The minimum atomic E-state index is -0.688. The van der Waals surface area contributed by atoms with Gasteiger partial charge in [0, 0.05) is 18.1 Å². The summed E-state index contributed by atoms with van der Waals surface area (Å²) in [6.07, 6.45) is 0. The van der Waals surface area contributed by atoms with Gasteiger partial charge in [-0.1, -0.05) is 29.8 Å². The summed E-state index contributed by atoms with van der Waals surface area (Å²) in [5.41, 5.74) is 8.71. The van der Waals surface area contributed by atoms with Crippen molar-refractivity contribution in [3.63, 3.8) is 0 Å². The van der Waals surface area contributed by atoms with Crippen molar-refractivity contribution in [3.8, 4) is 11.3 Å². The lowest BCUT2D eigenvalue weighted by Crippen LogP contribution is -2.39. The Labute approximate surface area is 121 Å². The highest BCUT2D eigenvalue weighted by Crippen LogP contribution is 2.25. The lowest BCUT2D eigenvalue weighted by atomic mass is 10.1. The van der Waals surface area contributed by atoms with Crippen LogP contribution in [0.25, 0.3) is 11.3 Å². The molecule has 0 saturated heterocycles. The molecule has 0 radical (unpaired) electrons.